The number of esters is 1. The van der Waals surface area contributed by atoms with E-state index in [0.29, 0.717) is 16.2 Å². The van der Waals surface area contributed by atoms with E-state index < -0.39 is 5.97 Å². The Morgan fingerprint density at radius 3 is 2.92 bits per heavy atom. The monoisotopic (exact) mass is 346 g/mol. The Labute approximate surface area is 145 Å². The Hall–Kier alpha value is -2.14. The fourth-order valence-corrected chi connectivity index (χ4v) is 3.14. The van der Waals surface area contributed by atoms with Gasteiger partial charge in [-0.25, -0.2) is 9.78 Å². The van der Waals surface area contributed by atoms with E-state index in [1.54, 1.807) is 35.2 Å². The number of fused-ring (bicyclic) bond motifs is 1. The Balaban J connectivity index is 1.64. The Bertz CT molecular complexity index is 778. The van der Waals surface area contributed by atoms with Crippen LogP contribution in [0.15, 0.2) is 30.3 Å². The first-order chi connectivity index (χ1) is 11.5. The zero-order valence-corrected chi connectivity index (χ0v) is 14.3. The van der Waals surface area contributed by atoms with Gasteiger partial charge >= 0.3 is 5.97 Å². The van der Waals surface area contributed by atoms with Crippen molar-refractivity contribution in [3.05, 3.63) is 41.0 Å². The lowest BCUT2D eigenvalue weighted by atomic mass is 10.0. The summed E-state index contributed by atoms with van der Waals surface area (Å²) in [5.74, 6) is -0.644. The second kappa shape index (κ2) is 7.18. The van der Waals surface area contributed by atoms with Crippen molar-refractivity contribution < 1.29 is 14.3 Å². The van der Waals surface area contributed by atoms with Crippen LogP contribution in [-0.2, 0) is 9.53 Å². The van der Waals surface area contributed by atoms with Crippen LogP contribution in [0, 0.1) is 0 Å². The molecule has 0 saturated carbocycles. The summed E-state index contributed by atoms with van der Waals surface area (Å²) in [6.07, 6.45) is 3.14. The molecule has 1 amide bonds. The average Bonchev–Trinajstić information content (AvgIpc) is 2.59. The molecule has 1 fully saturated rings. The standard InChI is InChI=1S/C18H19ClN2O3/c1-12-4-2-3-9-21(12)17(22)11-24-18(23)14-5-7-15-13(10-14)6-8-16(19)20-15/h5-8,10,12H,2-4,9,11H2,1H3. The number of halogens is 1. The number of aromatic nitrogens is 1. The molecule has 1 unspecified atom stereocenters. The SMILES string of the molecule is CC1CCCCN1C(=O)COC(=O)c1ccc2nc(Cl)ccc2c1. The summed E-state index contributed by atoms with van der Waals surface area (Å²) < 4.78 is 5.19. The Morgan fingerprint density at radius 1 is 1.29 bits per heavy atom. The molecule has 0 aliphatic carbocycles. The van der Waals surface area contributed by atoms with Crippen LogP contribution >= 0.6 is 11.6 Å². The van der Waals surface area contributed by atoms with E-state index in [2.05, 4.69) is 4.98 Å². The van der Waals surface area contributed by atoms with Crippen molar-refractivity contribution in [1.82, 2.24) is 9.88 Å². The number of pyridine rings is 1. The van der Waals surface area contributed by atoms with Crippen molar-refractivity contribution in [1.29, 1.82) is 0 Å². The van der Waals surface area contributed by atoms with E-state index in [1.807, 2.05) is 6.92 Å². The largest absolute Gasteiger partial charge is 0.452 e. The normalized spacial score (nSPS) is 17.8. The van der Waals surface area contributed by atoms with Gasteiger partial charge in [-0.2, -0.15) is 0 Å². The van der Waals surface area contributed by atoms with Crippen molar-refractivity contribution in [3.8, 4) is 0 Å². The third-order valence-corrected chi connectivity index (χ3v) is 4.55. The molecule has 24 heavy (non-hydrogen) atoms. The van der Waals surface area contributed by atoms with E-state index in [0.717, 1.165) is 31.2 Å². The first-order valence-corrected chi connectivity index (χ1v) is 8.45. The maximum Gasteiger partial charge on any atom is 0.338 e. The van der Waals surface area contributed by atoms with Crippen LogP contribution in [0.4, 0.5) is 0 Å². The molecule has 1 saturated heterocycles. The van der Waals surface area contributed by atoms with Gasteiger partial charge in [-0.15, -0.1) is 0 Å². The molecule has 0 spiro atoms. The number of hydrogen-bond acceptors (Lipinski definition) is 4. The molecule has 1 atom stereocenters. The van der Waals surface area contributed by atoms with Gasteiger partial charge in [-0.1, -0.05) is 11.6 Å². The molecule has 1 aromatic heterocycles. The highest BCUT2D eigenvalue weighted by molar-refractivity contribution is 6.29. The number of nitrogens with zero attached hydrogens (tertiary/aromatic N) is 2. The number of likely N-dealkylation sites (tertiary alicyclic amines) is 1. The summed E-state index contributed by atoms with van der Waals surface area (Å²) in [5, 5.41) is 1.20. The van der Waals surface area contributed by atoms with Crippen molar-refractivity contribution >= 4 is 34.4 Å². The lowest BCUT2D eigenvalue weighted by Gasteiger charge is -2.33. The molecule has 126 valence electrons. The van der Waals surface area contributed by atoms with Crippen LogP contribution in [0.25, 0.3) is 10.9 Å². The summed E-state index contributed by atoms with van der Waals surface area (Å²) in [5.41, 5.74) is 1.10. The predicted molar refractivity (Wildman–Crippen MR) is 92.1 cm³/mol. The molecular formula is C18H19ClN2O3. The minimum atomic E-state index is -0.509. The fraction of sp³-hybridized carbons (Fsp3) is 0.389. The minimum Gasteiger partial charge on any atom is -0.452 e. The zero-order valence-electron chi connectivity index (χ0n) is 13.5. The van der Waals surface area contributed by atoms with Crippen LogP contribution < -0.4 is 0 Å². The zero-order chi connectivity index (χ0) is 17.1. The molecule has 3 rings (SSSR count). The maximum absolute atomic E-state index is 12.2. The molecule has 6 heteroatoms. The number of ether oxygens (including phenoxy) is 1. The lowest BCUT2D eigenvalue weighted by Crippen LogP contribution is -2.44. The predicted octanol–water partition coefficient (Wildman–Crippen LogP) is 3.45. The molecule has 2 heterocycles. The number of carbonyl (C=O) groups is 2. The van der Waals surface area contributed by atoms with Crippen LogP contribution in [0.1, 0.15) is 36.5 Å². The van der Waals surface area contributed by atoms with Crippen LogP contribution in [-0.4, -0.2) is 41.0 Å². The fourth-order valence-electron chi connectivity index (χ4n) is 2.99. The highest BCUT2D eigenvalue weighted by Crippen LogP contribution is 2.19. The van der Waals surface area contributed by atoms with Crippen LogP contribution in [0.5, 0.6) is 0 Å². The van der Waals surface area contributed by atoms with Crippen LogP contribution in [0.3, 0.4) is 0 Å². The van der Waals surface area contributed by atoms with Crippen molar-refractivity contribution in [2.75, 3.05) is 13.2 Å². The van der Waals surface area contributed by atoms with Crippen LogP contribution in [0.2, 0.25) is 5.15 Å². The number of benzene rings is 1. The number of piperidine rings is 1. The molecule has 1 aromatic carbocycles. The second-order valence-electron chi connectivity index (χ2n) is 6.05. The van der Waals surface area contributed by atoms with Gasteiger partial charge in [0.15, 0.2) is 6.61 Å². The molecule has 2 aromatic rings. The number of carbonyl (C=O) groups excluding carboxylic acids is 2. The summed E-state index contributed by atoms with van der Waals surface area (Å²) in [6.45, 7) is 2.54. The molecular weight excluding hydrogens is 328 g/mol. The molecule has 0 N–H and O–H groups in total. The maximum atomic E-state index is 12.2. The second-order valence-corrected chi connectivity index (χ2v) is 6.44. The summed E-state index contributed by atoms with van der Waals surface area (Å²) >= 11 is 5.85. The summed E-state index contributed by atoms with van der Waals surface area (Å²) in [6, 6.07) is 8.70. The Morgan fingerprint density at radius 2 is 2.12 bits per heavy atom. The average molecular weight is 347 g/mol. The van der Waals surface area contributed by atoms with Gasteiger partial charge < -0.3 is 9.64 Å². The van der Waals surface area contributed by atoms with E-state index in [9.17, 15) is 9.59 Å². The third kappa shape index (κ3) is 3.67. The Kier molecular flexibility index (Phi) is 5.00. The van der Waals surface area contributed by atoms with Gasteiger partial charge in [0.2, 0.25) is 0 Å². The van der Waals surface area contributed by atoms with Crippen molar-refractivity contribution in [2.45, 2.75) is 32.2 Å². The molecule has 1 aliphatic heterocycles. The lowest BCUT2D eigenvalue weighted by molar-refractivity contribution is -0.137. The van der Waals surface area contributed by atoms with Gasteiger partial charge in [-0.3, -0.25) is 4.79 Å². The highest BCUT2D eigenvalue weighted by Gasteiger charge is 2.24. The van der Waals surface area contributed by atoms with E-state index >= 15 is 0 Å². The highest BCUT2D eigenvalue weighted by atomic mass is 35.5. The van der Waals surface area contributed by atoms with Gasteiger partial charge in [0, 0.05) is 18.0 Å². The van der Waals surface area contributed by atoms with Gasteiger partial charge in [-0.05, 0) is 56.5 Å². The summed E-state index contributed by atoms with van der Waals surface area (Å²) in [4.78, 5) is 30.4. The smallest absolute Gasteiger partial charge is 0.338 e. The quantitative estimate of drug-likeness (QED) is 0.631. The first kappa shape index (κ1) is 16.7. The third-order valence-electron chi connectivity index (χ3n) is 4.34. The number of hydrogen-bond donors (Lipinski definition) is 0. The topological polar surface area (TPSA) is 59.5 Å². The van der Waals surface area contributed by atoms with Gasteiger partial charge in [0.1, 0.15) is 5.15 Å². The number of rotatable bonds is 3. The molecule has 0 radical (unpaired) electrons. The summed E-state index contributed by atoms with van der Waals surface area (Å²) in [7, 11) is 0. The number of amides is 1. The van der Waals surface area contributed by atoms with E-state index in [1.165, 1.54) is 0 Å². The van der Waals surface area contributed by atoms with E-state index in [-0.39, 0.29) is 18.6 Å². The minimum absolute atomic E-state index is 0.134. The molecule has 1 aliphatic rings. The molecule has 0 bridgehead atoms. The van der Waals surface area contributed by atoms with Gasteiger partial charge in [0.05, 0.1) is 11.1 Å². The first-order valence-electron chi connectivity index (χ1n) is 8.07. The van der Waals surface area contributed by atoms with E-state index in [4.69, 9.17) is 16.3 Å². The van der Waals surface area contributed by atoms with Gasteiger partial charge in [0.25, 0.3) is 5.91 Å². The van der Waals surface area contributed by atoms with Crippen molar-refractivity contribution in [3.63, 3.8) is 0 Å². The molecule has 5 nitrogen and oxygen atoms in total. The van der Waals surface area contributed by atoms with Crippen molar-refractivity contribution in [2.24, 2.45) is 0 Å².